The number of piperidine rings is 2. The molecule has 2 aromatic rings. The Morgan fingerprint density at radius 3 is 2.32 bits per heavy atom. The van der Waals surface area contributed by atoms with Gasteiger partial charge in [0.05, 0.1) is 6.04 Å². The first kappa shape index (κ1) is 32.0. The highest BCUT2D eigenvalue weighted by Gasteiger charge is 2.48. The van der Waals surface area contributed by atoms with E-state index in [-0.39, 0.29) is 6.04 Å². The first-order valence-electron chi connectivity index (χ1n) is 18.2. The van der Waals surface area contributed by atoms with Crippen LogP contribution in [0.3, 0.4) is 0 Å². The summed E-state index contributed by atoms with van der Waals surface area (Å²) in [5, 5.41) is 3.39. The number of rotatable bonds is 6. The second-order valence-electron chi connectivity index (χ2n) is 16.5. The number of benzene rings is 2. The van der Waals surface area contributed by atoms with E-state index < -0.39 is 0 Å². The van der Waals surface area contributed by atoms with Gasteiger partial charge in [-0.15, -0.1) is 0 Å². The van der Waals surface area contributed by atoms with Crippen LogP contribution in [0.25, 0.3) is 5.70 Å². The molecule has 6 heteroatoms. The Labute approximate surface area is 285 Å². The minimum absolute atomic E-state index is 0.274. The van der Waals surface area contributed by atoms with Crippen molar-refractivity contribution in [2.24, 2.45) is 16.7 Å². The summed E-state index contributed by atoms with van der Waals surface area (Å²) in [4.78, 5) is 10.1. The van der Waals surface area contributed by atoms with Crippen molar-refractivity contribution in [3.8, 4) is 0 Å². The molecule has 0 radical (unpaired) electrons. The van der Waals surface area contributed by atoms with Crippen LogP contribution in [0.1, 0.15) is 70.9 Å². The summed E-state index contributed by atoms with van der Waals surface area (Å²) in [6.07, 6.45) is 8.18. The molecule has 1 atom stereocenters. The van der Waals surface area contributed by atoms with Gasteiger partial charge in [0.15, 0.2) is 6.71 Å². The third-order valence-corrected chi connectivity index (χ3v) is 12.9. The van der Waals surface area contributed by atoms with Crippen LogP contribution in [0.5, 0.6) is 0 Å². The van der Waals surface area contributed by atoms with E-state index in [1.54, 1.807) is 0 Å². The third-order valence-electron chi connectivity index (χ3n) is 12.9. The maximum absolute atomic E-state index is 4.66. The lowest BCUT2D eigenvalue weighted by molar-refractivity contribution is 0.177. The van der Waals surface area contributed by atoms with Gasteiger partial charge in [-0.25, -0.2) is 0 Å². The van der Waals surface area contributed by atoms with Gasteiger partial charge in [0, 0.05) is 73.3 Å². The Morgan fingerprint density at radius 1 is 0.851 bits per heavy atom. The lowest BCUT2D eigenvalue weighted by Crippen LogP contribution is -2.46. The van der Waals surface area contributed by atoms with E-state index in [1.807, 2.05) is 0 Å². The van der Waals surface area contributed by atoms with Crippen molar-refractivity contribution in [1.82, 2.24) is 15.1 Å². The van der Waals surface area contributed by atoms with E-state index >= 15 is 0 Å². The summed E-state index contributed by atoms with van der Waals surface area (Å²) in [7, 11) is 0. The van der Waals surface area contributed by atoms with Crippen molar-refractivity contribution in [3.63, 3.8) is 0 Å². The molecule has 0 bridgehead atoms. The second kappa shape index (κ2) is 12.2. The van der Waals surface area contributed by atoms with Crippen molar-refractivity contribution in [3.05, 3.63) is 97.1 Å². The SMILES string of the molecule is C=C1CCC(N2Cc3cc(N4CCC(CN5CCCN(c6cccc(B7CC(C)(C)C(C)(C)C7)c6)C5=C)CC4)ccc3C2=C)C(=C)N1. The Morgan fingerprint density at radius 2 is 1.60 bits per heavy atom. The molecule has 5 heterocycles. The zero-order valence-corrected chi connectivity index (χ0v) is 29.6. The van der Waals surface area contributed by atoms with E-state index in [0.717, 1.165) is 69.2 Å². The predicted molar refractivity (Wildman–Crippen MR) is 202 cm³/mol. The van der Waals surface area contributed by atoms with Crippen molar-refractivity contribution < 1.29 is 0 Å². The molecule has 5 nitrogen and oxygen atoms in total. The molecule has 5 aliphatic heterocycles. The minimum atomic E-state index is 0.274. The van der Waals surface area contributed by atoms with Crippen LogP contribution in [0.2, 0.25) is 12.6 Å². The monoisotopic (exact) mass is 629 g/mol. The number of hydrogen-bond acceptors (Lipinski definition) is 5. The van der Waals surface area contributed by atoms with Crippen LogP contribution in [0, 0.1) is 16.7 Å². The topological polar surface area (TPSA) is 25.0 Å². The molecule has 0 amide bonds. The Hall–Kier alpha value is -3.54. The van der Waals surface area contributed by atoms with E-state index in [1.165, 1.54) is 65.7 Å². The number of nitrogens with zero attached hydrogens (tertiary/aromatic N) is 4. The summed E-state index contributed by atoms with van der Waals surface area (Å²) in [5.74, 6) is 1.88. The summed E-state index contributed by atoms with van der Waals surface area (Å²) >= 11 is 0. The minimum Gasteiger partial charge on any atom is -0.372 e. The molecule has 4 saturated heterocycles. The molecule has 4 fully saturated rings. The molecular formula is C41H56BN5. The average Bonchev–Trinajstić information content (AvgIpc) is 3.48. The zero-order chi connectivity index (χ0) is 33.1. The smallest absolute Gasteiger partial charge is 0.177 e. The fourth-order valence-corrected chi connectivity index (χ4v) is 9.17. The number of hydrogen-bond donors (Lipinski definition) is 1. The van der Waals surface area contributed by atoms with E-state index in [0.29, 0.717) is 23.5 Å². The molecule has 248 valence electrons. The maximum Gasteiger partial charge on any atom is 0.177 e. The quantitative estimate of drug-likeness (QED) is 0.328. The van der Waals surface area contributed by atoms with Crippen LogP contribution >= 0.6 is 0 Å². The van der Waals surface area contributed by atoms with Gasteiger partial charge in [-0.2, -0.15) is 0 Å². The standard InChI is InChI=1S/C41H56BN5/c1-29-13-16-39(30(2)43-29)47-26-34-23-36(14-15-38(34)31(47)3)44-21-17-33(18-22-44)25-45-19-10-20-46(32(45)4)37-12-9-11-35(24-37)42-27-40(5,6)41(7,8)28-42/h9,11-12,14-15,23-24,33,39,43H,1-4,10,13,16-22,25-28H2,5-8H3. The Bertz CT molecular complexity index is 1560. The van der Waals surface area contributed by atoms with Crippen LogP contribution in [0.4, 0.5) is 11.4 Å². The van der Waals surface area contributed by atoms with E-state index in [2.05, 4.69) is 121 Å². The Balaban J connectivity index is 0.950. The molecule has 1 N–H and O–H groups in total. The molecular weight excluding hydrogens is 573 g/mol. The molecule has 0 saturated carbocycles. The van der Waals surface area contributed by atoms with Gasteiger partial charge in [-0.1, -0.05) is 90.3 Å². The lowest BCUT2D eigenvalue weighted by atomic mass is 9.42. The van der Waals surface area contributed by atoms with E-state index in [4.69, 9.17) is 0 Å². The maximum atomic E-state index is 4.66. The third kappa shape index (κ3) is 6.02. The number of anilines is 2. The van der Waals surface area contributed by atoms with Crippen molar-refractivity contribution in [2.45, 2.75) is 85.0 Å². The van der Waals surface area contributed by atoms with Crippen LogP contribution in [-0.2, 0) is 6.54 Å². The molecule has 47 heavy (non-hydrogen) atoms. The van der Waals surface area contributed by atoms with Crippen LogP contribution < -0.4 is 20.6 Å². The second-order valence-corrected chi connectivity index (χ2v) is 16.5. The van der Waals surface area contributed by atoms with Crippen LogP contribution in [0.15, 0.2) is 86.0 Å². The normalized spacial score (nSPS) is 24.7. The van der Waals surface area contributed by atoms with Crippen molar-refractivity contribution in [2.75, 3.05) is 42.5 Å². The number of nitrogens with one attached hydrogen (secondary N) is 1. The Kier molecular flexibility index (Phi) is 8.29. The summed E-state index contributed by atoms with van der Waals surface area (Å²) in [6.45, 7) is 34.4. The van der Waals surface area contributed by atoms with E-state index in [9.17, 15) is 0 Å². The van der Waals surface area contributed by atoms with Gasteiger partial charge in [0.2, 0.25) is 0 Å². The summed E-state index contributed by atoms with van der Waals surface area (Å²) < 4.78 is 0. The highest BCUT2D eigenvalue weighted by atomic mass is 15.4. The largest absolute Gasteiger partial charge is 0.372 e. The highest BCUT2D eigenvalue weighted by Crippen LogP contribution is 2.52. The molecule has 5 aliphatic rings. The molecule has 2 aromatic carbocycles. The summed E-state index contributed by atoms with van der Waals surface area (Å²) in [6, 6.07) is 16.7. The number of allylic oxidation sites excluding steroid dienone is 1. The van der Waals surface area contributed by atoms with Gasteiger partial charge >= 0.3 is 0 Å². The van der Waals surface area contributed by atoms with Gasteiger partial charge < -0.3 is 24.9 Å². The van der Waals surface area contributed by atoms with Gasteiger partial charge in [0.25, 0.3) is 0 Å². The molecule has 0 spiro atoms. The number of fused-ring (bicyclic) bond motifs is 1. The fraction of sp³-hybridized carbons (Fsp3) is 0.512. The predicted octanol–water partition coefficient (Wildman–Crippen LogP) is 7.92. The van der Waals surface area contributed by atoms with Gasteiger partial charge in [-0.3, -0.25) is 0 Å². The molecule has 0 aliphatic carbocycles. The van der Waals surface area contributed by atoms with Gasteiger partial charge in [0.1, 0.15) is 5.82 Å². The molecule has 7 rings (SSSR count). The highest BCUT2D eigenvalue weighted by molar-refractivity contribution is 6.74. The fourth-order valence-electron chi connectivity index (χ4n) is 9.17. The lowest BCUT2D eigenvalue weighted by Gasteiger charge is -2.43. The molecule has 0 aromatic heterocycles. The average molecular weight is 630 g/mol. The zero-order valence-electron chi connectivity index (χ0n) is 29.6. The first-order chi connectivity index (χ1) is 22.4. The summed E-state index contributed by atoms with van der Waals surface area (Å²) in [5.41, 5.74) is 10.8. The van der Waals surface area contributed by atoms with Crippen molar-refractivity contribution in [1.29, 1.82) is 0 Å². The van der Waals surface area contributed by atoms with Crippen molar-refractivity contribution >= 4 is 29.2 Å². The first-order valence-corrected chi connectivity index (χ1v) is 18.2. The molecule has 1 unspecified atom stereocenters. The van der Waals surface area contributed by atoms with Gasteiger partial charge in [-0.05, 0) is 78.7 Å². The van der Waals surface area contributed by atoms with Crippen LogP contribution in [-0.4, -0.2) is 55.3 Å².